The lowest BCUT2D eigenvalue weighted by atomic mass is 9.97. The molecule has 1 aliphatic heterocycles. The van der Waals surface area contributed by atoms with Crippen molar-refractivity contribution < 1.29 is 18.7 Å². The van der Waals surface area contributed by atoms with Crippen molar-refractivity contribution in [3.8, 4) is 0 Å². The largest absolute Gasteiger partial charge is 0.458 e. The molecule has 2 heterocycles. The molecule has 0 radical (unpaired) electrons. The molecular weight excluding hydrogens is 379 g/mol. The summed E-state index contributed by atoms with van der Waals surface area (Å²) in [4.78, 5) is 31.2. The van der Waals surface area contributed by atoms with E-state index in [0.29, 0.717) is 25.1 Å². The van der Waals surface area contributed by atoms with E-state index < -0.39 is 0 Å². The number of fused-ring (bicyclic) bond motifs is 1. The van der Waals surface area contributed by atoms with Crippen LogP contribution in [0.3, 0.4) is 0 Å². The monoisotopic (exact) mass is 398 g/mol. The quantitative estimate of drug-likeness (QED) is 0.623. The van der Waals surface area contributed by atoms with E-state index in [1.165, 1.54) is 35.6 Å². The highest BCUT2D eigenvalue weighted by atomic mass is 32.1. The molecule has 4 rings (SSSR count). The zero-order chi connectivity index (χ0) is 19.5. The lowest BCUT2D eigenvalue weighted by Crippen LogP contribution is -2.42. The van der Waals surface area contributed by atoms with Gasteiger partial charge in [0.15, 0.2) is 0 Å². The minimum Gasteiger partial charge on any atom is -0.458 e. The van der Waals surface area contributed by atoms with E-state index in [9.17, 15) is 14.0 Å². The molecule has 1 atom stereocenters. The predicted octanol–water partition coefficient (Wildman–Crippen LogP) is 4.03. The van der Waals surface area contributed by atoms with Crippen molar-refractivity contribution in [2.24, 2.45) is 5.92 Å². The van der Waals surface area contributed by atoms with Gasteiger partial charge in [0.2, 0.25) is 0 Å². The fourth-order valence-corrected chi connectivity index (χ4v) is 4.24. The molecule has 2 aromatic carbocycles. The van der Waals surface area contributed by atoms with Gasteiger partial charge in [-0.3, -0.25) is 9.59 Å². The van der Waals surface area contributed by atoms with Gasteiger partial charge in [0, 0.05) is 18.7 Å². The maximum Gasteiger partial charge on any atom is 0.311 e. The van der Waals surface area contributed by atoms with Crippen LogP contribution in [-0.2, 0) is 16.1 Å². The fraction of sp³-hybridized carbons (Fsp3) is 0.286. The highest BCUT2D eigenvalue weighted by Gasteiger charge is 2.30. The Morgan fingerprint density at radius 3 is 2.75 bits per heavy atom. The summed E-state index contributed by atoms with van der Waals surface area (Å²) >= 11 is 1.51. The summed E-state index contributed by atoms with van der Waals surface area (Å²) in [6.07, 6.45) is 1.42. The van der Waals surface area contributed by atoms with E-state index in [2.05, 4.69) is 4.98 Å². The minimum atomic E-state index is -0.383. The number of benzene rings is 2. The number of carbonyl (C=O) groups is 2. The van der Waals surface area contributed by atoms with Crippen LogP contribution in [0.25, 0.3) is 10.2 Å². The van der Waals surface area contributed by atoms with Crippen molar-refractivity contribution in [2.45, 2.75) is 19.4 Å². The normalized spacial score (nSPS) is 16.9. The van der Waals surface area contributed by atoms with Crippen LogP contribution in [0.4, 0.5) is 4.39 Å². The number of likely N-dealkylation sites (tertiary alicyclic amines) is 1. The van der Waals surface area contributed by atoms with Crippen molar-refractivity contribution in [3.63, 3.8) is 0 Å². The second-order valence-electron chi connectivity index (χ2n) is 6.78. The molecule has 0 unspecified atom stereocenters. The van der Waals surface area contributed by atoms with Crippen molar-refractivity contribution in [2.75, 3.05) is 13.1 Å². The molecule has 144 valence electrons. The number of nitrogens with zero attached hydrogens (tertiary/aromatic N) is 2. The van der Waals surface area contributed by atoms with Crippen LogP contribution in [0.2, 0.25) is 0 Å². The van der Waals surface area contributed by atoms with E-state index in [0.717, 1.165) is 21.6 Å². The Kier molecular flexibility index (Phi) is 5.34. The third kappa shape index (κ3) is 4.04. The summed E-state index contributed by atoms with van der Waals surface area (Å²) in [5, 5.41) is 0.754. The summed E-state index contributed by atoms with van der Waals surface area (Å²) in [6.45, 7) is 1.04. The molecule has 0 bridgehead atoms. The van der Waals surface area contributed by atoms with Gasteiger partial charge in [-0.2, -0.15) is 0 Å². The summed E-state index contributed by atoms with van der Waals surface area (Å²) in [6, 6.07) is 13.2. The van der Waals surface area contributed by atoms with Gasteiger partial charge < -0.3 is 9.64 Å². The number of aromatic nitrogens is 1. The van der Waals surface area contributed by atoms with Crippen LogP contribution in [0.1, 0.15) is 28.2 Å². The van der Waals surface area contributed by atoms with E-state index >= 15 is 0 Å². The number of hydrogen-bond acceptors (Lipinski definition) is 5. The van der Waals surface area contributed by atoms with Gasteiger partial charge in [-0.15, -0.1) is 11.3 Å². The molecule has 28 heavy (non-hydrogen) atoms. The number of amides is 1. The molecule has 3 aromatic rings. The number of hydrogen-bond donors (Lipinski definition) is 0. The third-order valence-corrected chi connectivity index (χ3v) is 5.82. The van der Waals surface area contributed by atoms with Crippen LogP contribution < -0.4 is 0 Å². The molecule has 0 saturated carbocycles. The number of esters is 1. The summed E-state index contributed by atoms with van der Waals surface area (Å²) in [5.41, 5.74) is 1.32. The second kappa shape index (κ2) is 8.06. The number of para-hydroxylation sites is 1. The van der Waals surface area contributed by atoms with Gasteiger partial charge in [0.1, 0.15) is 17.4 Å². The molecule has 1 saturated heterocycles. The van der Waals surface area contributed by atoms with Crippen LogP contribution in [0.5, 0.6) is 0 Å². The van der Waals surface area contributed by atoms with Gasteiger partial charge >= 0.3 is 5.97 Å². The summed E-state index contributed by atoms with van der Waals surface area (Å²) < 4.78 is 19.6. The van der Waals surface area contributed by atoms with Crippen molar-refractivity contribution in [1.82, 2.24) is 9.88 Å². The second-order valence-corrected chi connectivity index (χ2v) is 7.90. The van der Waals surface area contributed by atoms with E-state index in [-0.39, 0.29) is 30.2 Å². The molecule has 0 spiro atoms. The Bertz CT molecular complexity index is 969. The third-order valence-electron chi connectivity index (χ3n) is 4.81. The lowest BCUT2D eigenvalue weighted by molar-refractivity contribution is -0.151. The Morgan fingerprint density at radius 1 is 1.18 bits per heavy atom. The highest BCUT2D eigenvalue weighted by Crippen LogP contribution is 2.24. The SMILES string of the molecule is O=C(OCc1nc2ccccc2s1)[C@H]1CCCN(C(=O)c2ccc(F)cc2)C1. The Morgan fingerprint density at radius 2 is 1.96 bits per heavy atom. The Labute approximate surface area is 165 Å². The van der Waals surface area contributed by atoms with Gasteiger partial charge in [-0.25, -0.2) is 9.37 Å². The Balaban J connectivity index is 1.36. The van der Waals surface area contributed by atoms with Gasteiger partial charge in [0.25, 0.3) is 5.91 Å². The topological polar surface area (TPSA) is 59.5 Å². The average Bonchev–Trinajstić information content (AvgIpc) is 3.15. The van der Waals surface area contributed by atoms with Crippen molar-refractivity contribution in [3.05, 3.63) is 64.9 Å². The molecule has 1 fully saturated rings. The van der Waals surface area contributed by atoms with Crippen LogP contribution in [0, 0.1) is 11.7 Å². The van der Waals surface area contributed by atoms with E-state index in [4.69, 9.17) is 4.74 Å². The van der Waals surface area contributed by atoms with Crippen molar-refractivity contribution >= 4 is 33.4 Å². The van der Waals surface area contributed by atoms with Crippen LogP contribution in [0.15, 0.2) is 48.5 Å². The minimum absolute atomic E-state index is 0.139. The molecule has 5 nitrogen and oxygen atoms in total. The van der Waals surface area contributed by atoms with Gasteiger partial charge in [0.05, 0.1) is 16.1 Å². The molecule has 0 aliphatic carbocycles. The van der Waals surface area contributed by atoms with Gasteiger partial charge in [-0.05, 0) is 49.2 Å². The van der Waals surface area contributed by atoms with Crippen molar-refractivity contribution in [1.29, 1.82) is 0 Å². The Hall–Kier alpha value is -2.80. The van der Waals surface area contributed by atoms with E-state index in [1.54, 1.807) is 4.90 Å². The first kappa shape index (κ1) is 18.6. The molecule has 7 heteroatoms. The zero-order valence-electron chi connectivity index (χ0n) is 15.1. The van der Waals surface area contributed by atoms with Gasteiger partial charge in [-0.1, -0.05) is 12.1 Å². The first-order valence-corrected chi connectivity index (χ1v) is 9.98. The number of thiazole rings is 1. The number of piperidine rings is 1. The smallest absolute Gasteiger partial charge is 0.311 e. The number of carbonyl (C=O) groups excluding carboxylic acids is 2. The molecule has 0 N–H and O–H groups in total. The molecule has 1 aliphatic rings. The summed E-state index contributed by atoms with van der Waals surface area (Å²) in [5.74, 6) is -1.24. The number of halogens is 1. The summed E-state index contributed by atoms with van der Waals surface area (Å²) in [7, 11) is 0. The molecule has 1 amide bonds. The zero-order valence-corrected chi connectivity index (χ0v) is 16.0. The highest BCUT2D eigenvalue weighted by molar-refractivity contribution is 7.18. The number of rotatable bonds is 4. The lowest BCUT2D eigenvalue weighted by Gasteiger charge is -2.31. The maximum atomic E-state index is 13.1. The molecule has 1 aromatic heterocycles. The first-order chi connectivity index (χ1) is 13.6. The average molecular weight is 398 g/mol. The van der Waals surface area contributed by atoms with E-state index in [1.807, 2.05) is 24.3 Å². The van der Waals surface area contributed by atoms with Crippen LogP contribution >= 0.6 is 11.3 Å². The maximum absolute atomic E-state index is 13.1. The fourth-order valence-electron chi connectivity index (χ4n) is 3.36. The first-order valence-electron chi connectivity index (χ1n) is 9.16. The number of ether oxygens (including phenoxy) is 1. The van der Waals surface area contributed by atoms with Crippen LogP contribution in [-0.4, -0.2) is 34.8 Å². The predicted molar refractivity (Wildman–Crippen MR) is 104 cm³/mol. The standard InChI is InChI=1S/C21H19FN2O3S/c22-16-9-7-14(8-10-16)20(25)24-11-3-4-15(12-24)21(26)27-13-19-23-17-5-1-2-6-18(17)28-19/h1-2,5-10,15H,3-4,11-13H2/t15-/m0/s1. The molecular formula is C21H19FN2O3S.